The van der Waals surface area contributed by atoms with Crippen LogP contribution >= 0.6 is 0 Å². The number of hydrogen-bond donors (Lipinski definition) is 0. The minimum Gasteiger partial charge on any atom is -0.453 e. The Balaban J connectivity index is 0.00000149. The van der Waals surface area contributed by atoms with Crippen molar-refractivity contribution in [3.8, 4) is 0 Å². The summed E-state index contributed by atoms with van der Waals surface area (Å²) in [4.78, 5) is 26.6. The molecule has 4 heteroatoms. The Kier molecular flexibility index (Phi) is 8.42. The number of nitrogens with zero attached hydrogens (tertiary/aromatic N) is 1. The minimum atomic E-state index is -0.881. The number of anilines is 1. The zero-order valence-electron chi connectivity index (χ0n) is 19.8. The third-order valence-electron chi connectivity index (χ3n) is 5.87. The van der Waals surface area contributed by atoms with Gasteiger partial charge < -0.3 is 9.64 Å². The molecule has 1 aliphatic heterocycles. The van der Waals surface area contributed by atoms with E-state index in [1.165, 1.54) is 11.1 Å². The lowest BCUT2D eigenvalue weighted by Crippen LogP contribution is -2.40. The molecule has 0 spiro atoms. The minimum absolute atomic E-state index is 0.0612. The van der Waals surface area contributed by atoms with Gasteiger partial charge >= 0.3 is 5.97 Å². The van der Waals surface area contributed by atoms with Gasteiger partial charge in [0.05, 0.1) is 6.42 Å². The number of carbonyl (C=O) groups is 2. The van der Waals surface area contributed by atoms with Gasteiger partial charge in [0.2, 0.25) is 0 Å². The van der Waals surface area contributed by atoms with Gasteiger partial charge in [-0.15, -0.1) is 0 Å². The van der Waals surface area contributed by atoms with Gasteiger partial charge in [-0.05, 0) is 35.2 Å². The highest BCUT2D eigenvalue weighted by Crippen LogP contribution is 2.39. The van der Waals surface area contributed by atoms with Crippen LogP contribution in [0.15, 0.2) is 84.9 Å². The Hall–Kier alpha value is -3.40. The van der Waals surface area contributed by atoms with Crippen LogP contribution in [0.25, 0.3) is 0 Å². The van der Waals surface area contributed by atoms with Crippen LogP contribution in [0.3, 0.4) is 0 Å². The van der Waals surface area contributed by atoms with Gasteiger partial charge in [0.15, 0.2) is 0 Å². The summed E-state index contributed by atoms with van der Waals surface area (Å²) in [5, 5.41) is 0. The molecule has 0 radical (unpaired) electrons. The highest BCUT2D eigenvalue weighted by Gasteiger charge is 2.41. The Bertz CT molecular complexity index is 989. The smallest absolute Gasteiger partial charge is 0.314 e. The number of ketones is 1. The molecule has 33 heavy (non-hydrogen) atoms. The fraction of sp³-hybridized carbons (Fsp3) is 0.310. The summed E-state index contributed by atoms with van der Waals surface area (Å²) < 4.78 is 5.77. The summed E-state index contributed by atoms with van der Waals surface area (Å²) in [5.74, 6) is -0.497. The van der Waals surface area contributed by atoms with E-state index < -0.39 is 11.6 Å². The SMILES string of the molecule is CC.CCC1(c2cccc(N(Cc3ccccc3)Cc3ccccc3)c2)CC(=O)CC(=O)O1. The summed E-state index contributed by atoms with van der Waals surface area (Å²) in [7, 11) is 0. The summed E-state index contributed by atoms with van der Waals surface area (Å²) in [6, 6.07) is 28.8. The van der Waals surface area contributed by atoms with Crippen molar-refractivity contribution in [1.82, 2.24) is 0 Å². The summed E-state index contributed by atoms with van der Waals surface area (Å²) in [5.41, 5.74) is 3.46. The van der Waals surface area contributed by atoms with E-state index in [4.69, 9.17) is 4.74 Å². The topological polar surface area (TPSA) is 46.6 Å². The van der Waals surface area contributed by atoms with Gasteiger partial charge in [-0.25, -0.2) is 0 Å². The lowest BCUT2D eigenvalue weighted by molar-refractivity contribution is -0.172. The van der Waals surface area contributed by atoms with Crippen molar-refractivity contribution in [2.45, 2.75) is 58.7 Å². The summed E-state index contributed by atoms with van der Waals surface area (Å²) in [6.45, 7) is 7.46. The van der Waals surface area contributed by atoms with Crippen LogP contribution in [-0.4, -0.2) is 11.8 Å². The maximum atomic E-state index is 12.2. The molecule has 0 saturated carbocycles. The summed E-state index contributed by atoms with van der Waals surface area (Å²) in [6.07, 6.45) is 0.664. The third-order valence-corrected chi connectivity index (χ3v) is 5.87. The molecule has 3 aromatic rings. The van der Waals surface area contributed by atoms with Crippen molar-refractivity contribution < 1.29 is 14.3 Å². The Morgan fingerprint density at radius 3 is 1.91 bits per heavy atom. The molecule has 4 nitrogen and oxygen atoms in total. The van der Waals surface area contributed by atoms with E-state index in [-0.39, 0.29) is 18.6 Å². The van der Waals surface area contributed by atoms with Gasteiger partial charge in [-0.2, -0.15) is 0 Å². The lowest BCUT2D eigenvalue weighted by Gasteiger charge is -2.36. The fourth-order valence-corrected chi connectivity index (χ4v) is 4.23. The molecule has 3 aromatic carbocycles. The highest BCUT2D eigenvalue weighted by atomic mass is 16.6. The number of benzene rings is 3. The quantitative estimate of drug-likeness (QED) is 0.312. The standard InChI is InChI=1S/C27H27NO3.C2H6/c1-2-27(18-25(29)17-26(30)31-27)23-14-9-15-24(16-23)28(19-21-10-5-3-6-11-21)20-22-12-7-4-8-13-22;1-2/h3-16H,2,17-20H2,1H3;1-2H3. The number of carbonyl (C=O) groups excluding carboxylic acids is 2. The molecule has 1 unspecified atom stereocenters. The van der Waals surface area contributed by atoms with E-state index in [1.807, 2.05) is 69.3 Å². The van der Waals surface area contributed by atoms with Crippen molar-refractivity contribution >= 4 is 17.4 Å². The fourth-order valence-electron chi connectivity index (χ4n) is 4.23. The summed E-state index contributed by atoms with van der Waals surface area (Å²) >= 11 is 0. The van der Waals surface area contributed by atoms with Gasteiger partial charge in [-0.1, -0.05) is 93.6 Å². The van der Waals surface area contributed by atoms with Crippen molar-refractivity contribution in [3.05, 3.63) is 102 Å². The zero-order valence-corrected chi connectivity index (χ0v) is 19.8. The van der Waals surface area contributed by atoms with Crippen molar-refractivity contribution in [3.63, 3.8) is 0 Å². The Labute approximate surface area is 197 Å². The van der Waals surface area contributed by atoms with E-state index in [0.29, 0.717) is 6.42 Å². The largest absolute Gasteiger partial charge is 0.453 e. The molecule has 172 valence electrons. The van der Waals surface area contributed by atoms with Crippen LogP contribution in [0.1, 0.15) is 56.7 Å². The molecule has 1 heterocycles. The average Bonchev–Trinajstić information content (AvgIpc) is 2.85. The number of Topliss-reactive ketones (excluding diaryl/α,β-unsaturated/α-hetero) is 1. The first kappa shape index (κ1) is 24.2. The van der Waals surface area contributed by atoms with E-state index in [1.54, 1.807) is 0 Å². The third kappa shape index (κ3) is 6.10. The first-order chi connectivity index (χ1) is 16.1. The average molecular weight is 444 g/mol. The molecule has 4 rings (SSSR count). The van der Waals surface area contributed by atoms with E-state index in [0.717, 1.165) is 24.3 Å². The second-order valence-corrected chi connectivity index (χ2v) is 8.09. The van der Waals surface area contributed by atoms with Crippen molar-refractivity contribution in [2.24, 2.45) is 0 Å². The molecular formula is C29H33NO3. The molecule has 1 fully saturated rings. The first-order valence-corrected chi connectivity index (χ1v) is 11.7. The maximum absolute atomic E-state index is 12.2. The molecule has 0 aliphatic carbocycles. The molecule has 0 N–H and O–H groups in total. The predicted octanol–water partition coefficient (Wildman–Crippen LogP) is 6.43. The highest BCUT2D eigenvalue weighted by molar-refractivity contribution is 5.98. The first-order valence-electron chi connectivity index (χ1n) is 11.7. The van der Waals surface area contributed by atoms with Crippen molar-refractivity contribution in [2.75, 3.05) is 4.90 Å². The van der Waals surface area contributed by atoms with Crippen LogP contribution in [0, 0.1) is 0 Å². The second-order valence-electron chi connectivity index (χ2n) is 8.09. The lowest BCUT2D eigenvalue weighted by atomic mass is 9.83. The zero-order chi connectivity index (χ0) is 23.7. The predicted molar refractivity (Wildman–Crippen MR) is 133 cm³/mol. The molecular weight excluding hydrogens is 410 g/mol. The molecule has 0 bridgehead atoms. The van der Waals surface area contributed by atoms with Crippen LogP contribution in [0.2, 0.25) is 0 Å². The van der Waals surface area contributed by atoms with Crippen LogP contribution < -0.4 is 4.90 Å². The van der Waals surface area contributed by atoms with E-state index in [9.17, 15) is 9.59 Å². The van der Waals surface area contributed by atoms with Crippen LogP contribution in [0.5, 0.6) is 0 Å². The monoisotopic (exact) mass is 443 g/mol. The van der Waals surface area contributed by atoms with E-state index in [2.05, 4.69) is 41.3 Å². The number of ether oxygens (including phenoxy) is 1. The Morgan fingerprint density at radius 2 is 1.39 bits per heavy atom. The van der Waals surface area contributed by atoms with E-state index >= 15 is 0 Å². The van der Waals surface area contributed by atoms with Gasteiger partial charge in [-0.3, -0.25) is 9.59 Å². The van der Waals surface area contributed by atoms with Gasteiger partial charge in [0.25, 0.3) is 0 Å². The molecule has 1 saturated heterocycles. The molecule has 1 atom stereocenters. The normalized spacial score (nSPS) is 17.5. The van der Waals surface area contributed by atoms with Crippen LogP contribution in [0.4, 0.5) is 5.69 Å². The number of rotatable bonds is 7. The molecule has 0 aromatic heterocycles. The number of cyclic esters (lactones) is 1. The molecule has 1 aliphatic rings. The second kappa shape index (κ2) is 11.5. The Morgan fingerprint density at radius 1 is 0.818 bits per heavy atom. The number of esters is 1. The molecule has 0 amide bonds. The van der Waals surface area contributed by atoms with Crippen LogP contribution in [-0.2, 0) is 33.0 Å². The number of hydrogen-bond acceptors (Lipinski definition) is 4. The van der Waals surface area contributed by atoms with Gasteiger partial charge in [0.1, 0.15) is 17.8 Å². The van der Waals surface area contributed by atoms with Gasteiger partial charge in [0, 0.05) is 18.8 Å². The maximum Gasteiger partial charge on any atom is 0.314 e. The van der Waals surface area contributed by atoms with Crippen molar-refractivity contribution in [1.29, 1.82) is 0 Å².